The van der Waals surface area contributed by atoms with Crippen LogP contribution in [0.3, 0.4) is 0 Å². The highest BCUT2D eigenvalue weighted by atomic mass is 35.5. The molecule has 5 aromatic rings. The molecule has 0 aliphatic carbocycles. The zero-order valence-electron chi connectivity index (χ0n) is 25.7. The number of fused-ring (bicyclic) bond motifs is 1. The van der Waals surface area contributed by atoms with E-state index >= 15 is 0 Å². The van der Waals surface area contributed by atoms with Gasteiger partial charge in [0.05, 0.1) is 16.3 Å². The number of carbonyl (C=O) groups excluding carboxylic acids is 2. The predicted molar refractivity (Wildman–Crippen MR) is 194 cm³/mol. The van der Waals surface area contributed by atoms with Gasteiger partial charge in [0, 0.05) is 46.3 Å². The third-order valence-corrected chi connectivity index (χ3v) is 11.6. The number of nitrogens with zero attached hydrogens (tertiary/aromatic N) is 3. The van der Waals surface area contributed by atoms with Crippen LogP contribution in [0, 0.1) is 0 Å². The first kappa shape index (κ1) is 35.7. The number of benzene rings is 3. The molecule has 0 saturated carbocycles. The van der Waals surface area contributed by atoms with E-state index in [4.69, 9.17) is 11.6 Å². The largest absolute Gasteiger partial charge is 0.359 e. The quantitative estimate of drug-likeness (QED) is 0.127. The first-order valence-electron chi connectivity index (χ1n) is 14.5. The van der Waals surface area contributed by atoms with E-state index in [9.17, 15) is 26.4 Å². The zero-order chi connectivity index (χ0) is 35.0. The molecule has 0 bridgehead atoms. The van der Waals surface area contributed by atoms with Crippen LogP contribution in [-0.4, -0.2) is 57.1 Å². The van der Waals surface area contributed by atoms with Gasteiger partial charge in [-0.05, 0) is 73.5 Å². The van der Waals surface area contributed by atoms with Crippen LogP contribution in [-0.2, 0) is 36.1 Å². The number of amides is 2. The fourth-order valence-electron chi connectivity index (χ4n) is 4.75. The molecule has 2 amide bonds. The first-order chi connectivity index (χ1) is 23.4. The Morgan fingerprint density at radius 2 is 1.27 bits per heavy atom. The number of nitrogens with one attached hydrogen (secondary N) is 4. The number of para-hydroxylation sites is 1. The number of hydrogen-bond acceptors (Lipinski definition) is 11. The lowest BCUT2D eigenvalue weighted by atomic mass is 10.1. The molecule has 13 nitrogen and oxygen atoms in total. The van der Waals surface area contributed by atoms with Crippen molar-refractivity contribution in [3.05, 3.63) is 102 Å². The second-order valence-corrected chi connectivity index (χ2v) is 15.9. The van der Waals surface area contributed by atoms with Crippen LogP contribution < -0.4 is 25.0 Å². The minimum absolute atomic E-state index is 0.0802. The van der Waals surface area contributed by atoms with E-state index in [0.717, 1.165) is 12.1 Å². The van der Waals surface area contributed by atoms with Crippen molar-refractivity contribution in [3.63, 3.8) is 0 Å². The normalized spacial score (nSPS) is 13.8. The Kier molecular flexibility index (Phi) is 11.5. The van der Waals surface area contributed by atoms with Gasteiger partial charge in [0.1, 0.15) is 5.88 Å². The van der Waals surface area contributed by atoms with Crippen LogP contribution in [0.2, 0.25) is 0 Å². The number of halogens is 1. The number of alkyl halides is 1. The van der Waals surface area contributed by atoms with Gasteiger partial charge in [-0.25, -0.2) is 26.8 Å². The molecular formula is C31H30ClN7O6S4. The van der Waals surface area contributed by atoms with E-state index in [1.807, 2.05) is 18.2 Å². The van der Waals surface area contributed by atoms with Gasteiger partial charge in [0.15, 0.2) is 10.3 Å². The molecule has 0 saturated heterocycles. The number of hydrogen-bond donors (Lipinski definition) is 4. The number of rotatable bonds is 11. The lowest BCUT2D eigenvalue weighted by Crippen LogP contribution is -2.37. The second kappa shape index (κ2) is 15.8. The molecule has 49 heavy (non-hydrogen) atoms. The molecule has 0 fully saturated rings. The molecule has 3 aromatic carbocycles. The van der Waals surface area contributed by atoms with E-state index in [1.165, 1.54) is 77.0 Å². The van der Waals surface area contributed by atoms with Crippen LogP contribution in [0.1, 0.15) is 12.5 Å². The van der Waals surface area contributed by atoms with Crippen LogP contribution in [0.15, 0.2) is 106 Å². The third-order valence-electron chi connectivity index (χ3n) is 6.99. The molecule has 3 heterocycles. The first-order valence-corrected chi connectivity index (χ1v) is 19.7. The standard InChI is InChI=1S/C20H20N4O3S2.C11H10ClN3O3S2/c1-14-12-15-4-2-3-5-18(15)24(14)13-19(25)22-16-6-8-17(9-7-16)29(26,27)23-20-21-10-11-28-20;12-7-10(16)14-8-1-3-9(4-2-8)20(17,18)15-11-13-5-6-19-11/h2-11,14H,12-13H2,1H3,(H,21,23)(H,22,25);1-6H,7H2,(H,13,15)(H,14,16). The summed E-state index contributed by atoms with van der Waals surface area (Å²) >= 11 is 7.75. The molecule has 1 atom stereocenters. The Morgan fingerprint density at radius 1 is 0.776 bits per heavy atom. The number of anilines is 5. The summed E-state index contributed by atoms with van der Waals surface area (Å²) in [7, 11) is -7.39. The fraction of sp³-hybridized carbons (Fsp3) is 0.161. The van der Waals surface area contributed by atoms with E-state index in [2.05, 4.69) is 47.9 Å². The Balaban J connectivity index is 0.000000205. The van der Waals surface area contributed by atoms with Gasteiger partial charge in [-0.3, -0.25) is 19.0 Å². The SMILES string of the molecule is CC1Cc2ccccc2N1CC(=O)Nc1ccc(S(=O)(=O)Nc2nccs2)cc1.O=C(CCl)Nc1ccc(S(=O)(=O)Nc2nccs2)cc1. The van der Waals surface area contributed by atoms with Crippen LogP contribution in [0.25, 0.3) is 0 Å². The molecule has 1 unspecified atom stereocenters. The topological polar surface area (TPSA) is 180 Å². The van der Waals surface area contributed by atoms with Gasteiger partial charge < -0.3 is 15.5 Å². The zero-order valence-corrected chi connectivity index (χ0v) is 29.8. The van der Waals surface area contributed by atoms with Crippen molar-refractivity contribution in [1.29, 1.82) is 0 Å². The van der Waals surface area contributed by atoms with Crippen molar-refractivity contribution in [3.8, 4) is 0 Å². The fourth-order valence-corrected chi connectivity index (χ4v) is 8.39. The minimum Gasteiger partial charge on any atom is -0.359 e. The second-order valence-electron chi connectivity index (χ2n) is 10.5. The van der Waals surface area contributed by atoms with E-state index < -0.39 is 20.0 Å². The van der Waals surface area contributed by atoms with Crippen LogP contribution in [0.5, 0.6) is 0 Å². The maximum absolute atomic E-state index is 12.5. The molecule has 256 valence electrons. The van der Waals surface area contributed by atoms with Crippen molar-refractivity contribution in [2.45, 2.75) is 29.2 Å². The average Bonchev–Trinajstić information content (AvgIpc) is 3.84. The van der Waals surface area contributed by atoms with E-state index in [-0.39, 0.29) is 40.1 Å². The summed E-state index contributed by atoms with van der Waals surface area (Å²) in [6.45, 7) is 2.34. The summed E-state index contributed by atoms with van der Waals surface area (Å²) in [6, 6.07) is 20.2. The number of thiazole rings is 2. The molecule has 2 aromatic heterocycles. The van der Waals surface area contributed by atoms with Crippen molar-refractivity contribution in [2.75, 3.05) is 37.4 Å². The lowest BCUT2D eigenvalue weighted by molar-refractivity contribution is -0.115. The summed E-state index contributed by atoms with van der Waals surface area (Å²) in [5.74, 6) is -0.667. The molecule has 0 radical (unpaired) electrons. The Labute approximate surface area is 296 Å². The van der Waals surface area contributed by atoms with Crippen molar-refractivity contribution >= 4 is 93.5 Å². The number of carbonyl (C=O) groups is 2. The van der Waals surface area contributed by atoms with Gasteiger partial charge in [-0.1, -0.05) is 18.2 Å². The Hall–Kier alpha value is -4.55. The highest BCUT2D eigenvalue weighted by Crippen LogP contribution is 2.31. The Bertz CT molecular complexity index is 2100. The summed E-state index contributed by atoms with van der Waals surface area (Å²) in [6.07, 6.45) is 3.95. The summed E-state index contributed by atoms with van der Waals surface area (Å²) < 4.78 is 53.6. The molecule has 1 aliphatic heterocycles. The maximum atomic E-state index is 12.5. The van der Waals surface area contributed by atoms with Gasteiger partial charge in [-0.15, -0.1) is 34.3 Å². The smallest absolute Gasteiger partial charge is 0.263 e. The molecule has 18 heteroatoms. The molecule has 0 spiro atoms. The van der Waals surface area contributed by atoms with Gasteiger partial charge in [0.25, 0.3) is 20.0 Å². The Morgan fingerprint density at radius 3 is 1.73 bits per heavy atom. The highest BCUT2D eigenvalue weighted by Gasteiger charge is 2.27. The van der Waals surface area contributed by atoms with E-state index in [1.54, 1.807) is 22.9 Å². The maximum Gasteiger partial charge on any atom is 0.263 e. The summed E-state index contributed by atoms with van der Waals surface area (Å²) in [4.78, 5) is 33.7. The molecular weight excluding hydrogens is 730 g/mol. The molecule has 6 rings (SSSR count). The van der Waals surface area contributed by atoms with Crippen LogP contribution >= 0.6 is 34.3 Å². The molecule has 1 aliphatic rings. The summed E-state index contributed by atoms with van der Waals surface area (Å²) in [5, 5.41) is 9.32. The number of aromatic nitrogens is 2. The minimum atomic E-state index is -3.71. The van der Waals surface area contributed by atoms with E-state index in [0.29, 0.717) is 21.6 Å². The van der Waals surface area contributed by atoms with Gasteiger partial charge >= 0.3 is 0 Å². The third kappa shape index (κ3) is 9.54. The van der Waals surface area contributed by atoms with Crippen molar-refractivity contribution in [2.24, 2.45) is 0 Å². The lowest BCUT2D eigenvalue weighted by Gasteiger charge is -2.24. The number of sulfonamides is 2. The van der Waals surface area contributed by atoms with Gasteiger partial charge in [-0.2, -0.15) is 0 Å². The monoisotopic (exact) mass is 759 g/mol. The summed E-state index contributed by atoms with van der Waals surface area (Å²) in [5.41, 5.74) is 3.35. The average molecular weight is 760 g/mol. The van der Waals surface area contributed by atoms with Crippen molar-refractivity contribution < 1.29 is 26.4 Å². The predicted octanol–water partition coefficient (Wildman–Crippen LogP) is 5.45. The van der Waals surface area contributed by atoms with Gasteiger partial charge in [0.2, 0.25) is 11.8 Å². The van der Waals surface area contributed by atoms with Crippen LogP contribution in [0.4, 0.5) is 27.3 Å². The highest BCUT2D eigenvalue weighted by molar-refractivity contribution is 7.93. The molecule has 4 N–H and O–H groups in total. The van der Waals surface area contributed by atoms with Crippen molar-refractivity contribution in [1.82, 2.24) is 9.97 Å².